The van der Waals surface area contributed by atoms with Crippen molar-refractivity contribution in [1.29, 1.82) is 0 Å². The van der Waals surface area contributed by atoms with Gasteiger partial charge in [-0.05, 0) is 6.92 Å². The molecule has 5 heteroatoms. The van der Waals surface area contributed by atoms with Crippen LogP contribution in [0.2, 0.25) is 0 Å². The second-order valence-electron chi connectivity index (χ2n) is 2.26. The van der Waals surface area contributed by atoms with E-state index in [9.17, 15) is 4.79 Å². The number of nitrogen functional groups attached to an aromatic ring is 1. The van der Waals surface area contributed by atoms with E-state index in [2.05, 4.69) is 9.72 Å². The molecule has 0 spiro atoms. The predicted octanol–water partition coefficient (Wildman–Crippen LogP) is 1.30. The number of hydrogen-bond acceptors (Lipinski definition) is 5. The highest BCUT2D eigenvalue weighted by Gasteiger charge is 2.13. The maximum atomic E-state index is 11.2. The summed E-state index contributed by atoms with van der Waals surface area (Å²) in [7, 11) is 1.33. The molecule has 0 radical (unpaired) electrons. The van der Waals surface area contributed by atoms with Gasteiger partial charge in [-0.25, -0.2) is 9.78 Å². The highest BCUT2D eigenvalue weighted by molar-refractivity contribution is 7.13. The van der Waals surface area contributed by atoms with Crippen LogP contribution in [0.5, 0.6) is 0 Å². The SMILES string of the molecule is CC=C(C(=O)OC)c1csc(N)n1. The number of allylic oxidation sites excluding steroid dienone is 1. The lowest BCUT2D eigenvalue weighted by Gasteiger charge is -1.99. The van der Waals surface area contributed by atoms with Crippen molar-refractivity contribution in [2.24, 2.45) is 0 Å². The van der Waals surface area contributed by atoms with Crippen LogP contribution in [-0.4, -0.2) is 18.1 Å². The summed E-state index contributed by atoms with van der Waals surface area (Å²) in [5.74, 6) is -0.396. The van der Waals surface area contributed by atoms with Gasteiger partial charge in [0.05, 0.1) is 18.4 Å². The molecule has 70 valence electrons. The van der Waals surface area contributed by atoms with E-state index >= 15 is 0 Å². The van der Waals surface area contributed by atoms with Crippen LogP contribution in [0.15, 0.2) is 11.5 Å². The van der Waals surface area contributed by atoms with E-state index < -0.39 is 5.97 Å². The van der Waals surface area contributed by atoms with Crippen molar-refractivity contribution in [3.63, 3.8) is 0 Å². The number of esters is 1. The molecule has 4 nitrogen and oxygen atoms in total. The lowest BCUT2D eigenvalue weighted by molar-refractivity contribution is -0.133. The Kier molecular flexibility index (Phi) is 3.02. The Balaban J connectivity index is 2.99. The third kappa shape index (κ3) is 2.06. The monoisotopic (exact) mass is 198 g/mol. The van der Waals surface area contributed by atoms with Gasteiger partial charge in [0.25, 0.3) is 0 Å². The van der Waals surface area contributed by atoms with Crippen LogP contribution in [0.1, 0.15) is 12.6 Å². The van der Waals surface area contributed by atoms with Gasteiger partial charge in [0, 0.05) is 5.38 Å². The molecule has 1 aromatic rings. The third-order valence-corrected chi connectivity index (χ3v) is 2.17. The predicted molar refractivity (Wildman–Crippen MR) is 52.2 cm³/mol. The Bertz CT molecular complexity index is 344. The first-order valence-corrected chi connectivity index (χ1v) is 4.53. The van der Waals surface area contributed by atoms with Gasteiger partial charge in [0.2, 0.25) is 0 Å². The molecule has 0 atom stereocenters. The number of hydrogen-bond donors (Lipinski definition) is 1. The molecule has 1 rings (SSSR count). The van der Waals surface area contributed by atoms with Gasteiger partial charge in [-0.3, -0.25) is 0 Å². The fourth-order valence-electron chi connectivity index (χ4n) is 0.892. The molecule has 0 bridgehead atoms. The van der Waals surface area contributed by atoms with Crippen LogP contribution < -0.4 is 5.73 Å². The highest BCUT2D eigenvalue weighted by atomic mass is 32.1. The van der Waals surface area contributed by atoms with Crippen LogP contribution in [0, 0.1) is 0 Å². The molecule has 0 saturated heterocycles. The first-order valence-electron chi connectivity index (χ1n) is 3.65. The van der Waals surface area contributed by atoms with E-state index in [1.54, 1.807) is 18.4 Å². The van der Waals surface area contributed by atoms with E-state index in [0.29, 0.717) is 16.4 Å². The molecular weight excluding hydrogens is 188 g/mol. The number of ether oxygens (including phenoxy) is 1. The smallest absolute Gasteiger partial charge is 0.339 e. The number of aromatic nitrogens is 1. The summed E-state index contributed by atoms with van der Waals surface area (Å²) < 4.78 is 4.58. The van der Waals surface area contributed by atoms with Gasteiger partial charge < -0.3 is 10.5 Å². The summed E-state index contributed by atoms with van der Waals surface area (Å²) in [5.41, 5.74) is 6.45. The average Bonchev–Trinajstić information content (AvgIpc) is 2.53. The van der Waals surface area contributed by atoms with Gasteiger partial charge in [-0.1, -0.05) is 6.08 Å². The normalized spacial score (nSPS) is 11.4. The van der Waals surface area contributed by atoms with Crippen LogP contribution in [0.25, 0.3) is 5.57 Å². The summed E-state index contributed by atoms with van der Waals surface area (Å²) in [4.78, 5) is 15.2. The minimum atomic E-state index is -0.396. The zero-order chi connectivity index (χ0) is 9.84. The van der Waals surface area contributed by atoms with Gasteiger partial charge in [-0.15, -0.1) is 11.3 Å². The number of nitrogens with zero attached hydrogens (tertiary/aromatic N) is 1. The van der Waals surface area contributed by atoms with Gasteiger partial charge in [0.1, 0.15) is 0 Å². The number of nitrogens with two attached hydrogens (primary N) is 1. The van der Waals surface area contributed by atoms with Crippen molar-refractivity contribution in [1.82, 2.24) is 4.98 Å². The Morgan fingerprint density at radius 1 is 1.77 bits per heavy atom. The third-order valence-electron chi connectivity index (χ3n) is 1.49. The lowest BCUT2D eigenvalue weighted by atomic mass is 10.2. The summed E-state index contributed by atoms with van der Waals surface area (Å²) in [6, 6.07) is 0. The van der Waals surface area contributed by atoms with E-state index in [4.69, 9.17) is 5.73 Å². The van der Waals surface area contributed by atoms with Crippen molar-refractivity contribution in [3.8, 4) is 0 Å². The zero-order valence-corrected chi connectivity index (χ0v) is 8.22. The van der Waals surface area contributed by atoms with E-state index in [0.717, 1.165) is 0 Å². The Labute approximate surface area is 80.0 Å². The number of methoxy groups -OCH3 is 1. The maximum Gasteiger partial charge on any atom is 0.339 e. The molecule has 0 aromatic carbocycles. The van der Waals surface area contributed by atoms with Crippen molar-refractivity contribution < 1.29 is 9.53 Å². The van der Waals surface area contributed by atoms with Crippen LogP contribution in [0.3, 0.4) is 0 Å². The standard InChI is InChI=1S/C8H10N2O2S/c1-3-5(7(11)12-2)6-4-13-8(9)10-6/h3-4H,1-2H3,(H2,9,10). The maximum absolute atomic E-state index is 11.2. The average molecular weight is 198 g/mol. The second-order valence-corrected chi connectivity index (χ2v) is 3.15. The minimum Gasteiger partial charge on any atom is -0.465 e. The molecule has 0 fully saturated rings. The summed E-state index contributed by atoms with van der Waals surface area (Å²) in [6.45, 7) is 1.75. The largest absolute Gasteiger partial charge is 0.465 e. The molecule has 0 saturated carbocycles. The molecule has 13 heavy (non-hydrogen) atoms. The fraction of sp³-hybridized carbons (Fsp3) is 0.250. The van der Waals surface area contributed by atoms with Gasteiger partial charge in [0.15, 0.2) is 5.13 Å². The molecule has 2 N–H and O–H groups in total. The summed E-state index contributed by atoms with van der Waals surface area (Å²) in [5, 5.41) is 2.17. The molecule has 0 amide bonds. The van der Waals surface area contributed by atoms with E-state index in [1.165, 1.54) is 18.4 Å². The Hall–Kier alpha value is -1.36. The second kappa shape index (κ2) is 4.04. The van der Waals surface area contributed by atoms with Crippen molar-refractivity contribution in [2.75, 3.05) is 12.8 Å². The number of rotatable bonds is 2. The first kappa shape index (κ1) is 9.73. The Morgan fingerprint density at radius 2 is 2.46 bits per heavy atom. The van der Waals surface area contributed by atoms with Crippen LogP contribution in [0.4, 0.5) is 5.13 Å². The molecule has 0 aliphatic carbocycles. The first-order chi connectivity index (χ1) is 6.19. The molecule has 0 unspecified atom stereocenters. The van der Waals surface area contributed by atoms with Crippen LogP contribution in [-0.2, 0) is 9.53 Å². The topological polar surface area (TPSA) is 65.2 Å². The minimum absolute atomic E-state index is 0.396. The number of thiazole rings is 1. The van der Waals surface area contributed by atoms with Crippen molar-refractivity contribution in [2.45, 2.75) is 6.92 Å². The summed E-state index contributed by atoms with van der Waals surface area (Å²) >= 11 is 1.29. The Morgan fingerprint density at radius 3 is 2.85 bits per heavy atom. The number of carbonyl (C=O) groups is 1. The molecule has 0 aliphatic heterocycles. The molecular formula is C8H10N2O2S. The molecule has 0 aliphatic rings. The highest BCUT2D eigenvalue weighted by Crippen LogP contribution is 2.19. The van der Waals surface area contributed by atoms with Crippen molar-refractivity contribution in [3.05, 3.63) is 17.2 Å². The van der Waals surface area contributed by atoms with Crippen molar-refractivity contribution >= 4 is 28.0 Å². The van der Waals surface area contributed by atoms with Gasteiger partial charge >= 0.3 is 5.97 Å². The lowest BCUT2D eigenvalue weighted by Crippen LogP contribution is -2.03. The zero-order valence-electron chi connectivity index (χ0n) is 7.40. The molecule has 1 aromatic heterocycles. The van der Waals surface area contributed by atoms with E-state index in [1.807, 2.05) is 0 Å². The van der Waals surface area contributed by atoms with E-state index in [-0.39, 0.29) is 0 Å². The fourth-order valence-corrected chi connectivity index (χ4v) is 1.45. The quantitative estimate of drug-likeness (QED) is 0.574. The van der Waals surface area contributed by atoms with Gasteiger partial charge in [-0.2, -0.15) is 0 Å². The molecule has 1 heterocycles. The number of anilines is 1. The summed E-state index contributed by atoms with van der Waals surface area (Å²) in [6.07, 6.45) is 1.65. The van der Waals surface area contributed by atoms with Crippen LogP contribution >= 0.6 is 11.3 Å². The number of carbonyl (C=O) groups excluding carboxylic acids is 1.